The molecule has 144 valence electrons. The van der Waals surface area contributed by atoms with Crippen LogP contribution in [0.1, 0.15) is 17.4 Å². The lowest BCUT2D eigenvalue weighted by Crippen LogP contribution is -2.48. The SMILES string of the molecule is Cc1ccc([N+](=O)[O-])cc1S(=O)(=O)N1CC(c2nc(-c3cnccn3)no2)C1. The topological polar surface area (TPSA) is 145 Å². The van der Waals surface area contributed by atoms with E-state index in [4.69, 9.17) is 4.52 Å². The van der Waals surface area contributed by atoms with Crippen LogP contribution in [0.3, 0.4) is 0 Å². The Hall–Kier alpha value is -3.25. The highest BCUT2D eigenvalue weighted by atomic mass is 32.2. The zero-order chi connectivity index (χ0) is 19.9. The average molecular weight is 402 g/mol. The lowest BCUT2D eigenvalue weighted by molar-refractivity contribution is -0.385. The minimum atomic E-state index is -3.86. The summed E-state index contributed by atoms with van der Waals surface area (Å²) in [6.45, 7) is 1.89. The highest BCUT2D eigenvalue weighted by Gasteiger charge is 2.41. The summed E-state index contributed by atoms with van der Waals surface area (Å²) in [5.74, 6) is 0.327. The Morgan fingerprint density at radius 3 is 2.75 bits per heavy atom. The second-order valence-corrected chi connectivity index (χ2v) is 8.18. The molecule has 0 radical (unpaired) electrons. The number of aryl methyl sites for hydroxylation is 1. The van der Waals surface area contributed by atoms with Gasteiger partial charge in [-0.15, -0.1) is 0 Å². The van der Waals surface area contributed by atoms with Crippen LogP contribution in [-0.4, -0.2) is 50.8 Å². The van der Waals surface area contributed by atoms with Gasteiger partial charge in [0.2, 0.25) is 21.7 Å². The maximum atomic E-state index is 12.8. The van der Waals surface area contributed by atoms with Gasteiger partial charge in [-0.3, -0.25) is 15.1 Å². The normalized spacial score (nSPS) is 15.3. The number of aromatic nitrogens is 4. The van der Waals surface area contributed by atoms with E-state index in [1.807, 2.05) is 0 Å². The summed E-state index contributed by atoms with van der Waals surface area (Å²) in [6.07, 6.45) is 4.52. The fourth-order valence-electron chi connectivity index (χ4n) is 2.83. The third-order valence-corrected chi connectivity index (χ3v) is 6.41. The van der Waals surface area contributed by atoms with Crippen LogP contribution >= 0.6 is 0 Å². The molecule has 1 aliphatic heterocycles. The number of sulfonamides is 1. The van der Waals surface area contributed by atoms with Crippen molar-refractivity contribution in [2.45, 2.75) is 17.7 Å². The summed E-state index contributed by atoms with van der Waals surface area (Å²) in [4.78, 5) is 22.5. The van der Waals surface area contributed by atoms with Gasteiger partial charge in [-0.25, -0.2) is 13.4 Å². The number of nitro groups is 1. The van der Waals surface area contributed by atoms with E-state index in [1.165, 1.54) is 35.0 Å². The molecule has 28 heavy (non-hydrogen) atoms. The second kappa shape index (κ2) is 6.73. The first kappa shape index (κ1) is 18.1. The Morgan fingerprint density at radius 1 is 1.29 bits per heavy atom. The molecule has 0 N–H and O–H groups in total. The van der Waals surface area contributed by atoms with Crippen LogP contribution in [-0.2, 0) is 10.0 Å². The largest absolute Gasteiger partial charge is 0.339 e. The van der Waals surface area contributed by atoms with Crippen molar-refractivity contribution in [3.8, 4) is 11.5 Å². The third kappa shape index (κ3) is 3.12. The molecule has 11 nitrogen and oxygen atoms in total. The van der Waals surface area contributed by atoms with Crippen molar-refractivity contribution >= 4 is 15.7 Å². The lowest BCUT2D eigenvalue weighted by atomic mass is 10.0. The zero-order valence-electron chi connectivity index (χ0n) is 14.6. The molecule has 0 atom stereocenters. The molecule has 0 amide bonds. The lowest BCUT2D eigenvalue weighted by Gasteiger charge is -2.36. The van der Waals surface area contributed by atoms with Gasteiger partial charge in [0.15, 0.2) is 0 Å². The van der Waals surface area contributed by atoms with Crippen LogP contribution in [0.25, 0.3) is 11.5 Å². The first-order valence-corrected chi connectivity index (χ1v) is 9.65. The standard InChI is InChI=1S/C16H14N6O5S/c1-10-2-3-12(22(23)24)6-14(10)28(25,26)21-8-11(9-21)16-19-15(20-27-16)13-7-17-4-5-18-13/h2-7,11H,8-9H2,1H3. The Kier molecular flexibility index (Phi) is 4.35. The second-order valence-electron chi connectivity index (χ2n) is 6.27. The number of rotatable bonds is 5. The molecule has 0 bridgehead atoms. The van der Waals surface area contributed by atoms with E-state index in [0.717, 1.165) is 6.07 Å². The van der Waals surface area contributed by atoms with Gasteiger partial charge in [0.25, 0.3) is 5.69 Å². The molecule has 1 saturated heterocycles. The predicted molar refractivity (Wildman–Crippen MR) is 94.7 cm³/mol. The van der Waals surface area contributed by atoms with Crippen molar-refractivity contribution in [1.29, 1.82) is 0 Å². The molecule has 0 unspecified atom stereocenters. The summed E-state index contributed by atoms with van der Waals surface area (Å²) in [5.41, 5.74) is 0.622. The summed E-state index contributed by atoms with van der Waals surface area (Å²) < 4.78 is 32.1. The molecule has 0 spiro atoms. The Balaban J connectivity index is 1.52. The Labute approximate surface area is 159 Å². The van der Waals surface area contributed by atoms with Crippen molar-refractivity contribution < 1.29 is 17.9 Å². The van der Waals surface area contributed by atoms with E-state index in [0.29, 0.717) is 17.1 Å². The van der Waals surface area contributed by atoms with Gasteiger partial charge in [-0.2, -0.15) is 9.29 Å². The van der Waals surface area contributed by atoms with Gasteiger partial charge in [0, 0.05) is 37.6 Å². The smallest absolute Gasteiger partial charge is 0.270 e. The molecule has 1 aromatic carbocycles. The van der Waals surface area contributed by atoms with Crippen LogP contribution in [0.2, 0.25) is 0 Å². The van der Waals surface area contributed by atoms with Gasteiger partial charge in [-0.05, 0) is 12.5 Å². The molecular formula is C16H14N6O5S. The summed E-state index contributed by atoms with van der Waals surface area (Å²) in [7, 11) is -3.86. The van der Waals surface area contributed by atoms with Gasteiger partial charge >= 0.3 is 0 Å². The minimum Gasteiger partial charge on any atom is -0.339 e. The fourth-order valence-corrected chi connectivity index (χ4v) is 4.60. The van der Waals surface area contributed by atoms with E-state index in [2.05, 4.69) is 20.1 Å². The number of benzene rings is 1. The predicted octanol–water partition coefficient (Wildman–Crippen LogP) is 1.53. The highest BCUT2D eigenvalue weighted by Crippen LogP contribution is 2.33. The van der Waals surface area contributed by atoms with E-state index >= 15 is 0 Å². The monoisotopic (exact) mass is 402 g/mol. The molecule has 0 saturated carbocycles. The maximum Gasteiger partial charge on any atom is 0.270 e. The van der Waals surface area contributed by atoms with E-state index in [9.17, 15) is 18.5 Å². The van der Waals surface area contributed by atoms with Crippen molar-refractivity contribution in [3.05, 3.63) is 58.4 Å². The molecule has 0 aliphatic carbocycles. The molecule has 1 aliphatic rings. The highest BCUT2D eigenvalue weighted by molar-refractivity contribution is 7.89. The fraction of sp³-hybridized carbons (Fsp3) is 0.250. The molecule has 1 fully saturated rings. The van der Waals surface area contributed by atoms with Crippen LogP contribution < -0.4 is 0 Å². The van der Waals surface area contributed by atoms with Gasteiger partial charge in [0.05, 0.1) is 21.9 Å². The quantitative estimate of drug-likeness (QED) is 0.458. The van der Waals surface area contributed by atoms with Crippen LogP contribution in [0.5, 0.6) is 0 Å². The van der Waals surface area contributed by atoms with Crippen molar-refractivity contribution in [3.63, 3.8) is 0 Å². The minimum absolute atomic E-state index is 0.0778. The van der Waals surface area contributed by atoms with Crippen molar-refractivity contribution in [2.24, 2.45) is 0 Å². The van der Waals surface area contributed by atoms with Gasteiger partial charge in [0.1, 0.15) is 5.69 Å². The van der Waals surface area contributed by atoms with Gasteiger partial charge < -0.3 is 4.52 Å². The average Bonchev–Trinajstić information content (AvgIpc) is 3.10. The van der Waals surface area contributed by atoms with E-state index in [1.54, 1.807) is 6.92 Å². The number of nitro benzene ring substituents is 1. The number of hydrogen-bond donors (Lipinski definition) is 0. The summed E-state index contributed by atoms with van der Waals surface area (Å²) >= 11 is 0. The van der Waals surface area contributed by atoms with E-state index in [-0.39, 0.29) is 35.4 Å². The van der Waals surface area contributed by atoms with Crippen LogP contribution in [0, 0.1) is 17.0 Å². The molecule has 3 heterocycles. The molecule has 12 heteroatoms. The summed E-state index contributed by atoms with van der Waals surface area (Å²) in [5, 5.41) is 14.8. The Morgan fingerprint density at radius 2 is 2.07 bits per heavy atom. The number of hydrogen-bond acceptors (Lipinski definition) is 9. The molecule has 3 aromatic rings. The van der Waals surface area contributed by atoms with Crippen molar-refractivity contribution in [2.75, 3.05) is 13.1 Å². The van der Waals surface area contributed by atoms with Crippen LogP contribution in [0.4, 0.5) is 5.69 Å². The first-order valence-electron chi connectivity index (χ1n) is 8.21. The third-order valence-electron chi connectivity index (χ3n) is 4.43. The van der Waals surface area contributed by atoms with Crippen molar-refractivity contribution in [1.82, 2.24) is 24.4 Å². The number of non-ortho nitro benzene ring substituents is 1. The molecule has 2 aromatic heterocycles. The van der Waals surface area contributed by atoms with Crippen LogP contribution in [0.15, 0.2) is 46.2 Å². The molecule has 4 rings (SSSR count). The Bertz CT molecular complexity index is 1140. The van der Waals surface area contributed by atoms with Gasteiger partial charge in [-0.1, -0.05) is 11.2 Å². The zero-order valence-corrected chi connectivity index (χ0v) is 15.4. The van der Waals surface area contributed by atoms with E-state index < -0.39 is 14.9 Å². The first-order chi connectivity index (χ1) is 13.4. The number of nitrogens with zero attached hydrogens (tertiary/aromatic N) is 6. The summed E-state index contributed by atoms with van der Waals surface area (Å²) in [6, 6.07) is 3.78. The molecular weight excluding hydrogens is 388 g/mol. The maximum absolute atomic E-state index is 12.8.